The van der Waals surface area contributed by atoms with E-state index in [4.69, 9.17) is 14.2 Å². The summed E-state index contributed by atoms with van der Waals surface area (Å²) in [4.78, 5) is 12.0. The summed E-state index contributed by atoms with van der Waals surface area (Å²) in [5, 5.41) is 2.65. The third-order valence-electron chi connectivity index (χ3n) is 4.09. The summed E-state index contributed by atoms with van der Waals surface area (Å²) in [6.45, 7) is 0.744. The molecule has 1 aromatic rings. The molecule has 1 heterocycles. The lowest BCUT2D eigenvalue weighted by Gasteiger charge is -2.21. The molecule has 1 N–H and O–H groups in total. The van der Waals surface area contributed by atoms with Crippen LogP contribution in [0.4, 0.5) is 0 Å². The molecule has 1 fully saturated rings. The van der Waals surface area contributed by atoms with Crippen LogP contribution in [0.5, 0.6) is 11.5 Å². The van der Waals surface area contributed by atoms with E-state index in [0.717, 1.165) is 19.3 Å². The molecule has 0 aromatic heterocycles. The van der Waals surface area contributed by atoms with Crippen molar-refractivity contribution in [2.45, 2.75) is 36.7 Å². The van der Waals surface area contributed by atoms with Crippen LogP contribution in [0.1, 0.15) is 25.7 Å². The van der Waals surface area contributed by atoms with E-state index in [2.05, 4.69) is 5.32 Å². The zero-order chi connectivity index (χ0) is 18.3. The van der Waals surface area contributed by atoms with Crippen molar-refractivity contribution in [1.82, 2.24) is 5.32 Å². The number of rotatable bonds is 8. The van der Waals surface area contributed by atoms with E-state index in [9.17, 15) is 13.2 Å². The molecule has 0 bridgehead atoms. The Morgan fingerprint density at radius 3 is 2.64 bits per heavy atom. The molecular weight excluding hydrogens is 346 g/mol. The molecule has 0 spiro atoms. The van der Waals surface area contributed by atoms with Crippen molar-refractivity contribution in [3.05, 3.63) is 18.2 Å². The lowest BCUT2D eigenvalue weighted by molar-refractivity contribution is -0.124. The van der Waals surface area contributed by atoms with E-state index in [1.807, 2.05) is 0 Å². The van der Waals surface area contributed by atoms with Gasteiger partial charge in [-0.25, -0.2) is 8.42 Å². The van der Waals surface area contributed by atoms with E-state index in [-0.39, 0.29) is 35.6 Å². The summed E-state index contributed by atoms with van der Waals surface area (Å²) >= 11 is 0. The maximum atomic E-state index is 12.4. The minimum atomic E-state index is -3.53. The number of benzene rings is 1. The quantitative estimate of drug-likeness (QED) is 0.746. The standard InChI is InChI=1S/C17H25NO6S/c1-22-15-7-6-14(12-16(15)23-2)25(20,21)10-8-18-17(19)11-13-5-3-4-9-24-13/h6-7,12-13H,3-5,8-11H2,1-2H3,(H,18,19). The Balaban J connectivity index is 1.87. The van der Waals surface area contributed by atoms with E-state index < -0.39 is 9.84 Å². The SMILES string of the molecule is COc1ccc(S(=O)(=O)CCNC(=O)CC2CCCCO2)cc1OC. The molecule has 1 aromatic carbocycles. The monoisotopic (exact) mass is 371 g/mol. The summed E-state index contributed by atoms with van der Waals surface area (Å²) in [6, 6.07) is 4.44. The minimum absolute atomic E-state index is 0.0578. The lowest BCUT2D eigenvalue weighted by atomic mass is 10.1. The van der Waals surface area contributed by atoms with Crippen molar-refractivity contribution in [3.63, 3.8) is 0 Å². The second-order valence-corrected chi connectivity index (χ2v) is 7.99. The lowest BCUT2D eigenvalue weighted by Crippen LogP contribution is -2.33. The van der Waals surface area contributed by atoms with Gasteiger partial charge in [0, 0.05) is 19.2 Å². The van der Waals surface area contributed by atoms with Crippen LogP contribution in [0, 0.1) is 0 Å². The zero-order valence-electron chi connectivity index (χ0n) is 14.6. The summed E-state index contributed by atoms with van der Waals surface area (Å²) < 4.78 is 40.5. The van der Waals surface area contributed by atoms with Gasteiger partial charge in [-0.15, -0.1) is 0 Å². The van der Waals surface area contributed by atoms with E-state index in [0.29, 0.717) is 18.1 Å². The number of sulfone groups is 1. The summed E-state index contributed by atoms with van der Waals surface area (Å²) in [5.41, 5.74) is 0. The van der Waals surface area contributed by atoms with Gasteiger partial charge < -0.3 is 19.5 Å². The van der Waals surface area contributed by atoms with Gasteiger partial charge in [-0.2, -0.15) is 0 Å². The van der Waals surface area contributed by atoms with Gasteiger partial charge in [0.25, 0.3) is 0 Å². The highest BCUT2D eigenvalue weighted by Gasteiger charge is 2.20. The predicted octanol–water partition coefficient (Wildman–Crippen LogP) is 1.55. The Labute approximate surface area is 148 Å². The number of amides is 1. The highest BCUT2D eigenvalue weighted by Crippen LogP contribution is 2.29. The Morgan fingerprint density at radius 1 is 1.24 bits per heavy atom. The van der Waals surface area contributed by atoms with Crippen molar-refractivity contribution in [1.29, 1.82) is 0 Å². The van der Waals surface area contributed by atoms with Gasteiger partial charge in [-0.1, -0.05) is 0 Å². The topological polar surface area (TPSA) is 90.9 Å². The molecule has 1 saturated heterocycles. The second-order valence-electron chi connectivity index (χ2n) is 5.88. The molecular formula is C17H25NO6S. The van der Waals surface area contributed by atoms with Gasteiger partial charge in [-0.05, 0) is 31.4 Å². The summed E-state index contributed by atoms with van der Waals surface area (Å²) in [7, 11) is -0.598. The molecule has 7 nitrogen and oxygen atoms in total. The molecule has 0 radical (unpaired) electrons. The number of hydrogen-bond acceptors (Lipinski definition) is 6. The van der Waals surface area contributed by atoms with Crippen LogP contribution in [0.3, 0.4) is 0 Å². The van der Waals surface area contributed by atoms with Gasteiger partial charge in [0.15, 0.2) is 21.3 Å². The van der Waals surface area contributed by atoms with Crippen LogP contribution >= 0.6 is 0 Å². The normalized spacial score (nSPS) is 17.8. The number of ether oxygens (including phenoxy) is 3. The first-order valence-corrected chi connectivity index (χ1v) is 9.94. The fourth-order valence-electron chi connectivity index (χ4n) is 2.70. The molecule has 140 valence electrons. The average Bonchev–Trinajstić information content (AvgIpc) is 2.61. The summed E-state index contributed by atoms with van der Waals surface area (Å²) in [5.74, 6) is 0.443. The molecule has 8 heteroatoms. The predicted molar refractivity (Wildman–Crippen MR) is 92.8 cm³/mol. The first-order chi connectivity index (χ1) is 12.0. The van der Waals surface area contributed by atoms with Gasteiger partial charge >= 0.3 is 0 Å². The van der Waals surface area contributed by atoms with Crippen molar-refractivity contribution in [3.8, 4) is 11.5 Å². The molecule has 25 heavy (non-hydrogen) atoms. The third kappa shape index (κ3) is 5.61. The molecule has 2 rings (SSSR count). The summed E-state index contributed by atoms with van der Waals surface area (Å²) in [6.07, 6.45) is 3.18. The number of methoxy groups -OCH3 is 2. The Bertz CT molecular complexity index is 682. The highest BCUT2D eigenvalue weighted by molar-refractivity contribution is 7.91. The van der Waals surface area contributed by atoms with Gasteiger partial charge in [-0.3, -0.25) is 4.79 Å². The van der Waals surface area contributed by atoms with E-state index >= 15 is 0 Å². The Morgan fingerprint density at radius 2 is 2.00 bits per heavy atom. The number of hydrogen-bond donors (Lipinski definition) is 1. The van der Waals surface area contributed by atoms with Crippen LogP contribution in [-0.2, 0) is 19.4 Å². The fourth-order valence-corrected chi connectivity index (χ4v) is 3.87. The molecule has 0 aliphatic carbocycles. The second kappa shape index (κ2) is 9.05. The van der Waals surface area contributed by atoms with Crippen LogP contribution in [-0.4, -0.2) is 53.6 Å². The largest absolute Gasteiger partial charge is 0.493 e. The fraction of sp³-hybridized carbons (Fsp3) is 0.588. The minimum Gasteiger partial charge on any atom is -0.493 e. The highest BCUT2D eigenvalue weighted by atomic mass is 32.2. The van der Waals surface area contributed by atoms with Gasteiger partial charge in [0.05, 0.1) is 37.4 Å². The molecule has 1 aliphatic rings. The van der Waals surface area contributed by atoms with Crippen molar-refractivity contribution in [2.75, 3.05) is 33.1 Å². The van der Waals surface area contributed by atoms with Crippen LogP contribution in [0.15, 0.2) is 23.1 Å². The maximum absolute atomic E-state index is 12.4. The van der Waals surface area contributed by atoms with Crippen molar-refractivity contribution < 1.29 is 27.4 Å². The Kier molecular flexibility index (Phi) is 7.07. The van der Waals surface area contributed by atoms with Gasteiger partial charge in [0.1, 0.15) is 0 Å². The smallest absolute Gasteiger partial charge is 0.222 e. The van der Waals surface area contributed by atoms with Crippen molar-refractivity contribution in [2.24, 2.45) is 0 Å². The maximum Gasteiger partial charge on any atom is 0.222 e. The number of carbonyl (C=O) groups is 1. The average molecular weight is 371 g/mol. The van der Waals surface area contributed by atoms with Crippen LogP contribution < -0.4 is 14.8 Å². The number of nitrogens with one attached hydrogen (secondary N) is 1. The molecule has 1 aliphatic heterocycles. The Hall–Kier alpha value is -1.80. The van der Waals surface area contributed by atoms with E-state index in [1.54, 1.807) is 6.07 Å². The number of carbonyl (C=O) groups excluding carboxylic acids is 1. The van der Waals surface area contributed by atoms with Crippen LogP contribution in [0.2, 0.25) is 0 Å². The molecule has 1 atom stereocenters. The molecule has 1 unspecified atom stereocenters. The van der Waals surface area contributed by atoms with Crippen molar-refractivity contribution >= 4 is 15.7 Å². The van der Waals surface area contributed by atoms with E-state index in [1.165, 1.54) is 26.4 Å². The first kappa shape index (κ1) is 19.5. The van der Waals surface area contributed by atoms with Crippen LogP contribution in [0.25, 0.3) is 0 Å². The first-order valence-electron chi connectivity index (χ1n) is 8.29. The molecule has 1 amide bonds. The van der Waals surface area contributed by atoms with Gasteiger partial charge in [0.2, 0.25) is 5.91 Å². The molecule has 0 saturated carbocycles. The third-order valence-corrected chi connectivity index (χ3v) is 5.81. The zero-order valence-corrected chi connectivity index (χ0v) is 15.4.